The Balaban J connectivity index is -0.0000000493. The summed E-state index contributed by atoms with van der Waals surface area (Å²) < 4.78 is 0. The van der Waals surface area contributed by atoms with Crippen LogP contribution in [0.15, 0.2) is 0 Å². The van der Waals surface area contributed by atoms with E-state index in [1.54, 1.807) is 0 Å². The van der Waals surface area contributed by atoms with Gasteiger partial charge in [0.25, 0.3) is 0 Å². The lowest BCUT2D eigenvalue weighted by atomic mass is 10.0. The van der Waals surface area contributed by atoms with Crippen molar-refractivity contribution >= 4 is 0 Å². The molecule has 0 aliphatic heterocycles. The van der Waals surface area contributed by atoms with E-state index >= 15 is 0 Å². The molecule has 13 heavy (non-hydrogen) atoms. The zero-order valence-corrected chi connectivity index (χ0v) is 11.9. The van der Waals surface area contributed by atoms with Crippen LogP contribution in [0.5, 0.6) is 0 Å². The summed E-state index contributed by atoms with van der Waals surface area (Å²) in [6.45, 7) is 21.2. The molecule has 0 aliphatic carbocycles. The van der Waals surface area contributed by atoms with Crippen molar-refractivity contribution in [3.8, 4) is 0 Å². The molecule has 0 amide bonds. The zero-order chi connectivity index (χ0) is 11.9. The van der Waals surface area contributed by atoms with Gasteiger partial charge in [0.1, 0.15) is 0 Å². The second-order valence-electron chi connectivity index (χ2n) is 3.20. The maximum atomic E-state index is 2.24. The highest BCUT2D eigenvalue weighted by atomic mass is 14.0. The van der Waals surface area contributed by atoms with Crippen LogP contribution >= 0.6 is 0 Å². The van der Waals surface area contributed by atoms with Gasteiger partial charge in [0.2, 0.25) is 0 Å². The fourth-order valence-electron chi connectivity index (χ4n) is 0. The molecule has 0 unspecified atom stereocenters. The van der Waals surface area contributed by atoms with Crippen LogP contribution in [0.25, 0.3) is 0 Å². The van der Waals surface area contributed by atoms with E-state index in [4.69, 9.17) is 0 Å². The Bertz CT molecular complexity index is 29.3. The van der Waals surface area contributed by atoms with Gasteiger partial charge in [-0.3, -0.25) is 0 Å². The first-order valence-corrected chi connectivity index (χ1v) is 6.06. The molecule has 0 aromatic heterocycles. The van der Waals surface area contributed by atoms with Crippen LogP contribution < -0.4 is 0 Å². The van der Waals surface area contributed by atoms with Gasteiger partial charge in [-0.2, -0.15) is 0 Å². The first-order chi connectivity index (χ1) is 6.06. The fraction of sp³-hybridized carbons (Fsp3) is 1.00. The molecule has 0 heteroatoms. The highest BCUT2D eigenvalue weighted by Crippen LogP contribution is 2.05. The van der Waals surface area contributed by atoms with E-state index in [1.165, 1.54) is 6.42 Å². The molecule has 0 atom stereocenters. The van der Waals surface area contributed by atoms with Crippen LogP contribution in [0.3, 0.4) is 0 Å². The van der Waals surface area contributed by atoms with E-state index in [2.05, 4.69) is 41.5 Å². The Morgan fingerprint density at radius 2 is 0.692 bits per heavy atom. The Morgan fingerprint density at radius 1 is 0.615 bits per heavy atom. The second kappa shape index (κ2) is 29.6. The average Bonchev–Trinajstić information content (AvgIpc) is 2.12. The molecule has 0 saturated carbocycles. The SMILES string of the molecule is CC.CC.CC(C)C(C)C.CCC. The molecule has 0 N–H and O–H groups in total. The van der Waals surface area contributed by atoms with Gasteiger partial charge in [0.05, 0.1) is 0 Å². The van der Waals surface area contributed by atoms with Crippen molar-refractivity contribution in [3.05, 3.63) is 0 Å². The third-order valence-corrected chi connectivity index (χ3v) is 1.33. The van der Waals surface area contributed by atoms with E-state index in [0.717, 1.165) is 11.8 Å². The fourth-order valence-corrected chi connectivity index (χ4v) is 0. The number of rotatable bonds is 1. The standard InChI is InChI=1S/C6H14.C3H8.2C2H6/c1-5(2)6(3)4;1-3-2;2*1-2/h5-6H,1-4H3;3H2,1-2H3;2*1-2H3. The highest BCUT2D eigenvalue weighted by molar-refractivity contribution is 4.46. The summed E-state index contributed by atoms with van der Waals surface area (Å²) in [5.41, 5.74) is 0. The molecule has 0 spiro atoms. The second-order valence-corrected chi connectivity index (χ2v) is 3.20. The first-order valence-electron chi connectivity index (χ1n) is 6.06. The maximum absolute atomic E-state index is 2.24. The van der Waals surface area contributed by atoms with Crippen LogP contribution in [0, 0.1) is 11.8 Å². The van der Waals surface area contributed by atoms with Crippen molar-refractivity contribution < 1.29 is 0 Å². The number of hydrogen-bond donors (Lipinski definition) is 0. The molecular formula is C13H34. The smallest absolute Gasteiger partial charge is 0.0448 e. The Morgan fingerprint density at radius 3 is 0.692 bits per heavy atom. The summed E-state index contributed by atoms with van der Waals surface area (Å²) in [5, 5.41) is 0. The van der Waals surface area contributed by atoms with Crippen molar-refractivity contribution in [2.75, 3.05) is 0 Å². The third-order valence-electron chi connectivity index (χ3n) is 1.33. The van der Waals surface area contributed by atoms with Crippen LogP contribution in [0.2, 0.25) is 0 Å². The minimum Gasteiger partial charge on any atom is -0.0683 e. The molecule has 0 heterocycles. The molecule has 0 saturated heterocycles. The maximum Gasteiger partial charge on any atom is -0.0448 e. The Hall–Kier alpha value is 0. The average molecular weight is 190 g/mol. The highest BCUT2D eigenvalue weighted by Gasteiger charge is 1.95. The lowest BCUT2D eigenvalue weighted by Gasteiger charge is -2.05. The molecule has 0 aromatic rings. The minimum absolute atomic E-state index is 0.852. The minimum atomic E-state index is 0.852. The lowest BCUT2D eigenvalue weighted by molar-refractivity contribution is 0.457. The summed E-state index contributed by atoms with van der Waals surface area (Å²) in [6.07, 6.45) is 1.25. The molecule has 0 fully saturated rings. The summed E-state index contributed by atoms with van der Waals surface area (Å²) in [4.78, 5) is 0. The predicted molar refractivity (Wildman–Crippen MR) is 68.3 cm³/mol. The summed E-state index contributed by atoms with van der Waals surface area (Å²) >= 11 is 0. The summed E-state index contributed by atoms with van der Waals surface area (Å²) in [5.74, 6) is 1.70. The Labute approximate surface area is 88.1 Å². The van der Waals surface area contributed by atoms with Crippen molar-refractivity contribution in [2.45, 2.75) is 75.7 Å². The lowest BCUT2D eigenvalue weighted by Crippen LogP contribution is -1.95. The third kappa shape index (κ3) is 75.0. The van der Waals surface area contributed by atoms with E-state index < -0.39 is 0 Å². The molecule has 0 nitrogen and oxygen atoms in total. The van der Waals surface area contributed by atoms with Crippen LogP contribution in [-0.4, -0.2) is 0 Å². The molecule has 0 rings (SSSR count). The van der Waals surface area contributed by atoms with Crippen molar-refractivity contribution in [3.63, 3.8) is 0 Å². The van der Waals surface area contributed by atoms with Gasteiger partial charge >= 0.3 is 0 Å². The van der Waals surface area contributed by atoms with Gasteiger partial charge in [-0.05, 0) is 11.8 Å². The normalized spacial score (nSPS) is 7.38. The van der Waals surface area contributed by atoms with Gasteiger partial charge < -0.3 is 0 Å². The van der Waals surface area contributed by atoms with Crippen LogP contribution in [0.4, 0.5) is 0 Å². The predicted octanol–water partition coefficient (Wildman–Crippen LogP) is 5.77. The number of hydrogen-bond acceptors (Lipinski definition) is 0. The molecule has 0 aromatic carbocycles. The van der Waals surface area contributed by atoms with Gasteiger partial charge in [-0.15, -0.1) is 0 Å². The van der Waals surface area contributed by atoms with Gasteiger partial charge in [-0.25, -0.2) is 0 Å². The monoisotopic (exact) mass is 190 g/mol. The largest absolute Gasteiger partial charge is 0.0683 e. The van der Waals surface area contributed by atoms with Crippen LogP contribution in [0.1, 0.15) is 75.7 Å². The van der Waals surface area contributed by atoms with Crippen LogP contribution in [-0.2, 0) is 0 Å². The van der Waals surface area contributed by atoms with Crippen molar-refractivity contribution in [2.24, 2.45) is 11.8 Å². The zero-order valence-electron chi connectivity index (χ0n) is 11.9. The summed E-state index contributed by atoms with van der Waals surface area (Å²) in [6, 6.07) is 0. The van der Waals surface area contributed by atoms with Gasteiger partial charge in [0, 0.05) is 0 Å². The van der Waals surface area contributed by atoms with Crippen molar-refractivity contribution in [1.29, 1.82) is 0 Å². The molecule has 86 valence electrons. The van der Waals surface area contributed by atoms with E-state index in [9.17, 15) is 0 Å². The molecule has 0 aliphatic rings. The first kappa shape index (κ1) is 23.1. The summed E-state index contributed by atoms with van der Waals surface area (Å²) in [7, 11) is 0. The van der Waals surface area contributed by atoms with E-state index in [0.29, 0.717) is 0 Å². The quantitative estimate of drug-likeness (QED) is 0.492. The molecule has 0 bridgehead atoms. The van der Waals surface area contributed by atoms with E-state index in [1.807, 2.05) is 27.7 Å². The molecule has 0 radical (unpaired) electrons. The van der Waals surface area contributed by atoms with E-state index in [-0.39, 0.29) is 0 Å². The Kier molecular flexibility index (Phi) is 52.7. The van der Waals surface area contributed by atoms with Gasteiger partial charge in [-0.1, -0.05) is 75.7 Å². The molecular weight excluding hydrogens is 156 g/mol. The van der Waals surface area contributed by atoms with Crippen molar-refractivity contribution in [1.82, 2.24) is 0 Å². The topological polar surface area (TPSA) is 0 Å². The van der Waals surface area contributed by atoms with Gasteiger partial charge in [0.15, 0.2) is 0 Å².